The van der Waals surface area contributed by atoms with Gasteiger partial charge in [0.05, 0.1) is 13.2 Å². The number of aliphatic hydroxyl groups is 1. The van der Waals surface area contributed by atoms with E-state index in [1.807, 2.05) is 32.9 Å². The minimum atomic E-state index is -0.0806. The molecule has 0 fully saturated rings. The van der Waals surface area contributed by atoms with Crippen molar-refractivity contribution in [2.24, 2.45) is 5.73 Å². The fourth-order valence-electron chi connectivity index (χ4n) is 2.01. The van der Waals surface area contributed by atoms with Gasteiger partial charge in [-0.2, -0.15) is 0 Å². The predicted octanol–water partition coefficient (Wildman–Crippen LogP) is 1.15. The number of nitrogens with two attached hydrogens (primary N) is 1. The molecule has 4 heteroatoms. The van der Waals surface area contributed by atoms with Crippen LogP contribution in [0.5, 0.6) is 0 Å². The summed E-state index contributed by atoms with van der Waals surface area (Å²) in [6.07, 6.45) is 0. The Kier molecular flexibility index (Phi) is 6.23. The number of nitrogens with zero attached hydrogens (tertiary/aromatic N) is 1. The smallest absolute Gasteiger partial charge is 0.254 e. The fraction of sp³-hybridized carbons (Fsp3) is 0.438. The lowest BCUT2D eigenvalue weighted by molar-refractivity contribution is 0.0664. The third-order valence-electron chi connectivity index (χ3n) is 3.11. The van der Waals surface area contributed by atoms with E-state index < -0.39 is 0 Å². The quantitative estimate of drug-likeness (QED) is 0.809. The van der Waals surface area contributed by atoms with Crippen LogP contribution in [0, 0.1) is 18.8 Å². The van der Waals surface area contributed by atoms with Gasteiger partial charge in [0.25, 0.3) is 5.91 Å². The van der Waals surface area contributed by atoms with Crippen molar-refractivity contribution in [1.82, 2.24) is 4.90 Å². The average molecular weight is 274 g/mol. The van der Waals surface area contributed by atoms with Crippen molar-refractivity contribution in [3.8, 4) is 11.8 Å². The summed E-state index contributed by atoms with van der Waals surface area (Å²) in [5.41, 5.74) is 7.66. The Morgan fingerprint density at radius 1 is 1.45 bits per heavy atom. The predicted molar refractivity (Wildman–Crippen MR) is 80.4 cm³/mol. The summed E-state index contributed by atoms with van der Waals surface area (Å²) in [6.45, 7) is 6.32. The highest BCUT2D eigenvalue weighted by molar-refractivity contribution is 5.96. The molecule has 0 saturated heterocycles. The van der Waals surface area contributed by atoms with Crippen LogP contribution in [0.4, 0.5) is 0 Å². The van der Waals surface area contributed by atoms with E-state index in [1.54, 1.807) is 11.0 Å². The minimum Gasteiger partial charge on any atom is -0.395 e. The Morgan fingerprint density at radius 2 is 2.15 bits per heavy atom. The molecule has 3 N–H and O–H groups in total. The molecular weight excluding hydrogens is 252 g/mol. The molecule has 0 aromatic heterocycles. The molecule has 0 atom stereocenters. The molecule has 0 aliphatic rings. The van der Waals surface area contributed by atoms with Gasteiger partial charge in [0.1, 0.15) is 0 Å². The molecule has 0 heterocycles. The Balaban J connectivity index is 3.15. The fourth-order valence-corrected chi connectivity index (χ4v) is 2.01. The van der Waals surface area contributed by atoms with E-state index in [2.05, 4.69) is 11.8 Å². The van der Waals surface area contributed by atoms with E-state index in [0.717, 1.165) is 11.1 Å². The lowest BCUT2D eigenvalue weighted by Crippen LogP contribution is -2.39. The van der Waals surface area contributed by atoms with E-state index in [9.17, 15) is 4.79 Å². The summed E-state index contributed by atoms with van der Waals surface area (Å²) in [4.78, 5) is 14.2. The molecule has 0 unspecified atom stereocenters. The van der Waals surface area contributed by atoms with Gasteiger partial charge in [-0.1, -0.05) is 17.9 Å². The van der Waals surface area contributed by atoms with E-state index in [4.69, 9.17) is 10.8 Å². The van der Waals surface area contributed by atoms with Crippen LogP contribution < -0.4 is 5.73 Å². The first-order valence-corrected chi connectivity index (χ1v) is 6.73. The molecule has 1 rings (SSSR count). The Hall–Kier alpha value is -1.83. The zero-order valence-electron chi connectivity index (χ0n) is 12.3. The molecule has 0 saturated carbocycles. The van der Waals surface area contributed by atoms with Crippen molar-refractivity contribution in [1.29, 1.82) is 0 Å². The van der Waals surface area contributed by atoms with Gasteiger partial charge in [-0.25, -0.2) is 0 Å². The summed E-state index contributed by atoms with van der Waals surface area (Å²) >= 11 is 0. The van der Waals surface area contributed by atoms with Crippen molar-refractivity contribution in [2.75, 3.05) is 19.7 Å². The van der Waals surface area contributed by atoms with E-state index in [-0.39, 0.29) is 18.6 Å². The molecule has 0 bridgehead atoms. The third-order valence-corrected chi connectivity index (χ3v) is 3.11. The number of benzene rings is 1. The molecule has 4 nitrogen and oxygen atoms in total. The van der Waals surface area contributed by atoms with Gasteiger partial charge >= 0.3 is 0 Å². The maximum atomic E-state index is 12.6. The van der Waals surface area contributed by atoms with Crippen LogP contribution in [0.3, 0.4) is 0 Å². The highest BCUT2D eigenvalue weighted by Crippen LogP contribution is 2.16. The first-order chi connectivity index (χ1) is 9.52. The Bertz CT molecular complexity index is 527. The summed E-state index contributed by atoms with van der Waals surface area (Å²) in [5.74, 6) is 5.69. The number of rotatable bonds is 4. The molecular formula is C16H22N2O2. The maximum Gasteiger partial charge on any atom is 0.254 e. The van der Waals surface area contributed by atoms with Gasteiger partial charge in [-0.15, -0.1) is 0 Å². The molecule has 1 aromatic carbocycles. The topological polar surface area (TPSA) is 66.6 Å². The van der Waals surface area contributed by atoms with Crippen molar-refractivity contribution in [3.05, 3.63) is 34.9 Å². The van der Waals surface area contributed by atoms with Gasteiger partial charge in [0.15, 0.2) is 0 Å². The highest BCUT2D eigenvalue weighted by atomic mass is 16.3. The number of amides is 1. The molecule has 0 aliphatic heterocycles. The normalized spacial score (nSPS) is 10.1. The number of carbonyl (C=O) groups is 1. The number of aliphatic hydroxyl groups excluding tert-OH is 1. The summed E-state index contributed by atoms with van der Waals surface area (Å²) in [7, 11) is 0. The summed E-state index contributed by atoms with van der Waals surface area (Å²) in [5, 5.41) is 9.09. The molecule has 20 heavy (non-hydrogen) atoms. The van der Waals surface area contributed by atoms with Crippen LogP contribution in [0.2, 0.25) is 0 Å². The monoisotopic (exact) mass is 274 g/mol. The minimum absolute atomic E-state index is 0.0350. The lowest BCUT2D eigenvalue weighted by Gasteiger charge is -2.26. The molecule has 108 valence electrons. The second kappa shape index (κ2) is 7.68. The summed E-state index contributed by atoms with van der Waals surface area (Å²) in [6, 6.07) is 5.52. The van der Waals surface area contributed by atoms with Crippen molar-refractivity contribution >= 4 is 5.91 Å². The molecule has 1 aromatic rings. The van der Waals surface area contributed by atoms with Crippen molar-refractivity contribution < 1.29 is 9.90 Å². The van der Waals surface area contributed by atoms with Crippen LogP contribution in [-0.4, -0.2) is 41.7 Å². The first kappa shape index (κ1) is 16.2. The second-order valence-corrected chi connectivity index (χ2v) is 4.80. The van der Waals surface area contributed by atoms with Crippen LogP contribution in [-0.2, 0) is 0 Å². The Morgan fingerprint density at radius 3 is 2.70 bits per heavy atom. The van der Waals surface area contributed by atoms with Gasteiger partial charge < -0.3 is 15.7 Å². The number of hydrogen-bond donors (Lipinski definition) is 2. The second-order valence-electron chi connectivity index (χ2n) is 4.80. The summed E-state index contributed by atoms with van der Waals surface area (Å²) < 4.78 is 0. The standard InChI is InChI=1S/C16H22N2O2/c1-12(2)18(10-11-19)16(20)15-8-4-6-14(13(15)3)7-5-9-17/h4,6,8,12,19H,9-11,17H2,1-3H3. The first-order valence-electron chi connectivity index (χ1n) is 6.73. The molecule has 0 radical (unpaired) electrons. The van der Waals surface area contributed by atoms with Crippen LogP contribution in [0.25, 0.3) is 0 Å². The van der Waals surface area contributed by atoms with Crippen molar-refractivity contribution in [2.45, 2.75) is 26.8 Å². The highest BCUT2D eigenvalue weighted by Gasteiger charge is 2.20. The van der Waals surface area contributed by atoms with Crippen molar-refractivity contribution in [3.63, 3.8) is 0 Å². The maximum absolute atomic E-state index is 12.6. The molecule has 1 amide bonds. The third kappa shape index (κ3) is 3.83. The van der Waals surface area contributed by atoms with Gasteiger partial charge in [-0.05, 0) is 38.5 Å². The van der Waals surface area contributed by atoms with E-state index >= 15 is 0 Å². The largest absolute Gasteiger partial charge is 0.395 e. The SMILES string of the molecule is Cc1c(C#CCN)cccc1C(=O)N(CCO)C(C)C. The number of hydrogen-bond acceptors (Lipinski definition) is 3. The zero-order chi connectivity index (χ0) is 15.1. The number of carbonyl (C=O) groups excluding carboxylic acids is 1. The van der Waals surface area contributed by atoms with Crippen LogP contribution >= 0.6 is 0 Å². The molecule has 0 spiro atoms. The lowest BCUT2D eigenvalue weighted by atomic mass is 10.0. The van der Waals surface area contributed by atoms with E-state index in [1.165, 1.54) is 0 Å². The van der Waals surface area contributed by atoms with Gasteiger partial charge in [0.2, 0.25) is 0 Å². The zero-order valence-corrected chi connectivity index (χ0v) is 12.3. The van der Waals surface area contributed by atoms with Crippen LogP contribution in [0.1, 0.15) is 35.3 Å². The average Bonchev–Trinajstić information content (AvgIpc) is 2.42. The molecule has 0 aliphatic carbocycles. The Labute approximate surface area is 120 Å². The van der Waals surface area contributed by atoms with Crippen LogP contribution in [0.15, 0.2) is 18.2 Å². The van der Waals surface area contributed by atoms with E-state index in [0.29, 0.717) is 18.7 Å². The van der Waals surface area contributed by atoms with Gasteiger partial charge in [-0.3, -0.25) is 4.79 Å². The van der Waals surface area contributed by atoms with Gasteiger partial charge in [0, 0.05) is 23.7 Å².